The van der Waals surface area contributed by atoms with E-state index in [2.05, 4.69) is 37.2 Å². The van der Waals surface area contributed by atoms with E-state index < -0.39 is 71.4 Å². The fraction of sp³-hybridized carbons (Fsp3) is 0.396. The lowest BCUT2D eigenvalue weighted by atomic mass is 10.1. The van der Waals surface area contributed by atoms with E-state index in [1.807, 2.05) is 0 Å². The number of nitrogens with two attached hydrogens (primary N) is 6. The molecule has 4 aromatic rings. The van der Waals surface area contributed by atoms with Crippen molar-refractivity contribution in [2.24, 2.45) is 34.4 Å². The second-order valence-electron chi connectivity index (χ2n) is 17.7. The standard InChI is InChI=1S/C53H73N13O12/c1-75-42-18-14-30(26-34(42)46(59)67)61-52(73)40(12-8-24-56)65-48(69)37-29-33(17-21-45(37)78-4)63-53(74)41(13-9-25-57)66-49(70)36-28-32(16-20-44(36)77-3)62-51(72)39(11-5-6-22-54)64-47(68)35-27-31(15-19-43(35)76-2)60-50(71)38(58)10-7-23-55/h14-21,26-29,38-41H,5-13,22-25,54-58H2,1-4H3,(H2,59,67)(H,60,71)(H,61,73)(H,62,72)(H,63,74)(H,64,68)(H,65,69)(H,66,70)/t38-,39-,40-,41-/m0/s1. The van der Waals surface area contributed by atoms with Crippen LogP contribution in [0.2, 0.25) is 0 Å². The van der Waals surface area contributed by atoms with Crippen LogP contribution in [-0.4, -0.2) is 126 Å². The monoisotopic (exact) mass is 1080 g/mol. The first kappa shape index (κ1) is 62.2. The van der Waals surface area contributed by atoms with Crippen molar-refractivity contribution in [1.29, 1.82) is 0 Å². The fourth-order valence-electron chi connectivity index (χ4n) is 7.91. The van der Waals surface area contributed by atoms with E-state index >= 15 is 0 Å². The minimum Gasteiger partial charge on any atom is -0.496 e. The van der Waals surface area contributed by atoms with Gasteiger partial charge >= 0.3 is 0 Å². The van der Waals surface area contributed by atoms with Crippen molar-refractivity contribution >= 4 is 70.0 Å². The quantitative estimate of drug-likeness (QED) is 0.0309. The van der Waals surface area contributed by atoms with Crippen LogP contribution >= 0.6 is 0 Å². The lowest BCUT2D eigenvalue weighted by Crippen LogP contribution is -2.45. The number of anilines is 4. The van der Waals surface area contributed by atoms with Crippen LogP contribution in [0.3, 0.4) is 0 Å². The summed E-state index contributed by atoms with van der Waals surface area (Å²) in [6.07, 6.45) is 2.94. The first-order valence-electron chi connectivity index (χ1n) is 25.2. The van der Waals surface area contributed by atoms with Gasteiger partial charge in [-0.1, -0.05) is 0 Å². The highest BCUT2D eigenvalue weighted by atomic mass is 16.5. The van der Waals surface area contributed by atoms with E-state index in [0.717, 1.165) is 0 Å². The van der Waals surface area contributed by atoms with Gasteiger partial charge in [0.1, 0.15) is 41.1 Å². The molecule has 4 rings (SSSR count). The molecule has 0 saturated heterocycles. The Hall–Kier alpha value is -8.36. The van der Waals surface area contributed by atoms with E-state index in [1.165, 1.54) is 95.2 Å². The van der Waals surface area contributed by atoms with Crippen LogP contribution in [0.5, 0.6) is 23.0 Å². The van der Waals surface area contributed by atoms with E-state index in [9.17, 15) is 38.4 Å². The molecule has 4 aromatic carbocycles. The maximum absolute atomic E-state index is 14.1. The molecule has 0 aliphatic carbocycles. The van der Waals surface area contributed by atoms with Crippen molar-refractivity contribution in [2.45, 2.75) is 82.0 Å². The molecule has 0 aromatic heterocycles. The predicted molar refractivity (Wildman–Crippen MR) is 295 cm³/mol. The number of nitrogens with one attached hydrogen (secondary N) is 7. The van der Waals surface area contributed by atoms with Gasteiger partial charge in [0.05, 0.1) is 56.7 Å². The number of carbonyl (C=O) groups is 8. The molecule has 78 heavy (non-hydrogen) atoms. The van der Waals surface area contributed by atoms with Crippen molar-refractivity contribution in [3.63, 3.8) is 0 Å². The largest absolute Gasteiger partial charge is 0.496 e. The summed E-state index contributed by atoms with van der Waals surface area (Å²) < 4.78 is 21.6. The van der Waals surface area contributed by atoms with Gasteiger partial charge < -0.3 is 90.6 Å². The minimum absolute atomic E-state index is 0.0244. The topological polar surface area (TPSA) is 414 Å². The van der Waals surface area contributed by atoms with E-state index in [-0.39, 0.29) is 100 Å². The third-order valence-electron chi connectivity index (χ3n) is 12.1. The summed E-state index contributed by atoms with van der Waals surface area (Å²) in [6.45, 7) is 1.08. The van der Waals surface area contributed by atoms with Gasteiger partial charge in [0.25, 0.3) is 23.6 Å². The molecule has 0 spiro atoms. The average Bonchev–Trinajstić information content (AvgIpc) is 3.44. The average molecular weight is 1080 g/mol. The van der Waals surface area contributed by atoms with Gasteiger partial charge in [-0.3, -0.25) is 38.4 Å². The Kier molecular flexibility index (Phi) is 25.2. The van der Waals surface area contributed by atoms with Crippen molar-refractivity contribution in [3.05, 3.63) is 95.1 Å². The number of hydrogen-bond donors (Lipinski definition) is 13. The van der Waals surface area contributed by atoms with Crippen LogP contribution in [0.1, 0.15) is 99.2 Å². The van der Waals surface area contributed by atoms with Crippen molar-refractivity contribution < 1.29 is 57.3 Å². The molecule has 4 atom stereocenters. The Morgan fingerprint density at radius 2 is 0.679 bits per heavy atom. The normalized spacial score (nSPS) is 12.3. The molecule has 0 unspecified atom stereocenters. The summed E-state index contributed by atoms with van der Waals surface area (Å²) in [6, 6.07) is 13.0. The summed E-state index contributed by atoms with van der Waals surface area (Å²) >= 11 is 0. The number of methoxy groups -OCH3 is 4. The Morgan fingerprint density at radius 1 is 0.397 bits per heavy atom. The van der Waals surface area contributed by atoms with Crippen molar-refractivity contribution in [2.75, 3.05) is 75.9 Å². The number of amides is 8. The molecule has 0 saturated carbocycles. The van der Waals surface area contributed by atoms with E-state index in [4.69, 9.17) is 53.3 Å². The highest BCUT2D eigenvalue weighted by Crippen LogP contribution is 2.28. The van der Waals surface area contributed by atoms with Gasteiger partial charge in [-0.15, -0.1) is 0 Å². The van der Waals surface area contributed by atoms with Crippen LogP contribution in [-0.2, 0) is 19.2 Å². The van der Waals surface area contributed by atoms with Crippen LogP contribution in [0, 0.1) is 0 Å². The molecule has 422 valence electrons. The third kappa shape index (κ3) is 18.2. The van der Waals surface area contributed by atoms with Crippen LogP contribution in [0.15, 0.2) is 72.8 Å². The van der Waals surface area contributed by atoms with Gasteiger partial charge in [0.15, 0.2) is 0 Å². The number of benzene rings is 4. The van der Waals surface area contributed by atoms with Gasteiger partial charge in [-0.05, 0) is 157 Å². The van der Waals surface area contributed by atoms with Crippen LogP contribution in [0.25, 0.3) is 0 Å². The molecule has 25 nitrogen and oxygen atoms in total. The van der Waals surface area contributed by atoms with Crippen LogP contribution in [0.4, 0.5) is 22.7 Å². The van der Waals surface area contributed by atoms with Gasteiger partial charge in [-0.25, -0.2) is 0 Å². The van der Waals surface area contributed by atoms with E-state index in [1.54, 1.807) is 6.07 Å². The summed E-state index contributed by atoms with van der Waals surface area (Å²) in [5, 5.41) is 19.1. The van der Waals surface area contributed by atoms with Crippen LogP contribution < -0.4 is 90.6 Å². The molecular weight excluding hydrogens is 1010 g/mol. The lowest BCUT2D eigenvalue weighted by Gasteiger charge is -2.21. The molecule has 8 amide bonds. The van der Waals surface area contributed by atoms with Crippen molar-refractivity contribution in [1.82, 2.24) is 16.0 Å². The molecule has 0 aliphatic rings. The number of carbonyl (C=O) groups excluding carboxylic acids is 8. The molecule has 25 heteroatoms. The molecule has 0 radical (unpaired) electrons. The molecule has 0 bridgehead atoms. The highest BCUT2D eigenvalue weighted by molar-refractivity contribution is 6.07. The first-order chi connectivity index (χ1) is 37.4. The maximum atomic E-state index is 14.1. The zero-order valence-electron chi connectivity index (χ0n) is 44.3. The zero-order chi connectivity index (χ0) is 57.3. The molecule has 19 N–H and O–H groups in total. The Morgan fingerprint density at radius 3 is 0.987 bits per heavy atom. The molecule has 0 aliphatic heterocycles. The summed E-state index contributed by atoms with van der Waals surface area (Å²) in [4.78, 5) is 108. The summed E-state index contributed by atoms with van der Waals surface area (Å²) in [7, 11) is 5.41. The number of rotatable bonds is 32. The number of primary amides is 1. The second kappa shape index (κ2) is 31.6. The minimum atomic E-state index is -1.19. The summed E-state index contributed by atoms with van der Waals surface area (Å²) in [5.41, 5.74) is 35.1. The summed E-state index contributed by atoms with van der Waals surface area (Å²) in [5.74, 6) is -4.81. The number of ether oxygens (including phenoxy) is 4. The highest BCUT2D eigenvalue weighted by Gasteiger charge is 2.29. The Labute approximate surface area is 452 Å². The molecule has 0 heterocycles. The SMILES string of the molecule is COc1ccc(NC(=O)[C@H](CCCN)NC(=O)c2cc(NC(=O)[C@H](CCCN)NC(=O)c3cc(NC(=O)[C@H](CCCCN)NC(=O)c4cc(NC(=O)[C@@H](N)CCCN)ccc4OC)ccc3OC)ccc2OC)cc1C(N)=O. The van der Waals surface area contributed by atoms with Gasteiger partial charge in [0, 0.05) is 22.7 Å². The second-order valence-corrected chi connectivity index (χ2v) is 17.7. The smallest absolute Gasteiger partial charge is 0.255 e. The van der Waals surface area contributed by atoms with Crippen molar-refractivity contribution in [3.8, 4) is 23.0 Å². The lowest BCUT2D eigenvalue weighted by molar-refractivity contribution is -0.118. The molecule has 0 fully saturated rings. The zero-order valence-corrected chi connectivity index (χ0v) is 44.3. The number of unbranched alkanes of at least 4 members (excludes halogenated alkanes) is 1. The third-order valence-corrected chi connectivity index (χ3v) is 12.1. The predicted octanol–water partition coefficient (Wildman–Crippen LogP) is 1.64. The fourth-order valence-corrected chi connectivity index (χ4v) is 7.91. The maximum Gasteiger partial charge on any atom is 0.255 e. The Bertz CT molecular complexity index is 2740. The number of hydrogen-bond acceptors (Lipinski definition) is 17. The van der Waals surface area contributed by atoms with E-state index in [0.29, 0.717) is 51.6 Å². The van der Waals surface area contributed by atoms with Gasteiger partial charge in [-0.2, -0.15) is 0 Å². The molecular formula is C53H73N13O12. The van der Waals surface area contributed by atoms with Gasteiger partial charge in [0.2, 0.25) is 23.6 Å². The Balaban J connectivity index is 1.53. The first-order valence-corrected chi connectivity index (χ1v) is 25.2.